The number of halogens is 1. The van der Waals surface area contributed by atoms with Crippen molar-refractivity contribution >= 4 is 27.3 Å². The van der Waals surface area contributed by atoms with Crippen molar-refractivity contribution in [2.24, 2.45) is 0 Å². The molecule has 0 spiro atoms. The zero-order valence-electron chi connectivity index (χ0n) is 6.10. The highest BCUT2D eigenvalue weighted by Gasteiger charge is 2.27. The molecule has 11 heavy (non-hydrogen) atoms. The van der Waals surface area contributed by atoms with Crippen LogP contribution in [0.25, 0.3) is 0 Å². The largest absolute Gasteiger partial charge is 0.399 e. The minimum absolute atomic E-state index is 0.821. The van der Waals surface area contributed by atoms with E-state index in [1.807, 2.05) is 12.1 Å². The Morgan fingerprint density at radius 2 is 2.09 bits per heavy atom. The van der Waals surface area contributed by atoms with Gasteiger partial charge in [-0.2, -0.15) is 0 Å². The summed E-state index contributed by atoms with van der Waals surface area (Å²) in [6, 6.07) is 5.99. The third-order valence-corrected chi connectivity index (χ3v) is 2.53. The number of hydrogen-bond donors (Lipinski definition) is 2. The Hall–Kier alpha value is -0.540. The molecule has 1 aliphatic rings. The van der Waals surface area contributed by atoms with Crippen LogP contribution in [0.3, 0.4) is 0 Å². The summed E-state index contributed by atoms with van der Waals surface area (Å²) in [5.74, 6) is 0. The molecule has 1 aromatic carbocycles. The molecular weight excluding hydrogens is 204 g/mol. The van der Waals surface area contributed by atoms with E-state index in [9.17, 15) is 0 Å². The normalized spacial score (nSPS) is 16.8. The number of anilines is 1. The standard InChI is InChI=1S/C8H9BrN2/c9-7-5-6(10)1-2-8(7)11-3-4-11/h1-2,5H,3-4,10H2/p+1. The molecule has 2 rings (SSSR count). The van der Waals surface area contributed by atoms with Gasteiger partial charge in [-0.05, 0) is 28.1 Å². The SMILES string of the molecule is Nc1ccc([NH+]2CC2)c(Br)c1. The number of nitrogens with two attached hydrogens (primary N) is 1. The molecule has 1 aliphatic heterocycles. The summed E-state index contributed by atoms with van der Waals surface area (Å²) < 4.78 is 1.13. The summed E-state index contributed by atoms with van der Waals surface area (Å²) in [7, 11) is 0. The van der Waals surface area contributed by atoms with E-state index in [0.717, 1.165) is 10.2 Å². The molecule has 0 aromatic heterocycles. The van der Waals surface area contributed by atoms with Crippen LogP contribution in [0.1, 0.15) is 0 Å². The highest BCUT2D eigenvalue weighted by molar-refractivity contribution is 9.10. The fourth-order valence-corrected chi connectivity index (χ4v) is 1.83. The van der Waals surface area contributed by atoms with Gasteiger partial charge in [-0.15, -0.1) is 0 Å². The molecule has 0 saturated carbocycles. The summed E-state index contributed by atoms with van der Waals surface area (Å²) in [5.41, 5.74) is 7.76. The zero-order chi connectivity index (χ0) is 7.84. The van der Waals surface area contributed by atoms with Crippen molar-refractivity contribution in [3.63, 3.8) is 0 Å². The van der Waals surface area contributed by atoms with Gasteiger partial charge in [0.15, 0.2) is 0 Å². The van der Waals surface area contributed by atoms with Crippen molar-refractivity contribution in [2.45, 2.75) is 0 Å². The van der Waals surface area contributed by atoms with Crippen molar-refractivity contribution in [1.29, 1.82) is 0 Å². The van der Waals surface area contributed by atoms with Gasteiger partial charge in [0.05, 0.1) is 4.47 Å². The summed E-state index contributed by atoms with van der Waals surface area (Å²) in [6.07, 6.45) is 0. The second kappa shape index (κ2) is 2.50. The Kier molecular flexibility index (Phi) is 1.62. The molecule has 0 amide bonds. The second-order valence-electron chi connectivity index (χ2n) is 2.84. The lowest BCUT2D eigenvalue weighted by molar-refractivity contribution is -0.679. The first kappa shape index (κ1) is 7.13. The monoisotopic (exact) mass is 213 g/mol. The molecule has 1 fully saturated rings. The van der Waals surface area contributed by atoms with Gasteiger partial charge in [0, 0.05) is 11.8 Å². The summed E-state index contributed by atoms with van der Waals surface area (Å²) in [4.78, 5) is 1.54. The number of benzene rings is 1. The summed E-state index contributed by atoms with van der Waals surface area (Å²) >= 11 is 3.49. The molecule has 1 aromatic rings. The lowest BCUT2D eigenvalue weighted by atomic mass is 10.3. The van der Waals surface area contributed by atoms with Crippen molar-refractivity contribution in [3.05, 3.63) is 22.7 Å². The molecule has 2 nitrogen and oxygen atoms in total. The zero-order valence-corrected chi connectivity index (χ0v) is 7.69. The van der Waals surface area contributed by atoms with Crippen LogP contribution in [0.2, 0.25) is 0 Å². The molecular formula is C8H10BrN2+. The third kappa shape index (κ3) is 1.39. The Balaban J connectivity index is 2.39. The van der Waals surface area contributed by atoms with Gasteiger partial charge in [0.2, 0.25) is 0 Å². The predicted octanol–water partition coefficient (Wildman–Crippen LogP) is 0.561. The molecule has 0 aliphatic carbocycles. The van der Waals surface area contributed by atoms with E-state index in [1.54, 1.807) is 0 Å². The highest BCUT2D eigenvalue weighted by atomic mass is 79.9. The molecule has 0 atom stereocenters. The Morgan fingerprint density at radius 3 is 2.64 bits per heavy atom. The Morgan fingerprint density at radius 1 is 1.36 bits per heavy atom. The van der Waals surface area contributed by atoms with Gasteiger partial charge >= 0.3 is 0 Å². The van der Waals surface area contributed by atoms with E-state index >= 15 is 0 Å². The maximum atomic E-state index is 5.61. The third-order valence-electron chi connectivity index (χ3n) is 1.87. The molecule has 1 saturated heterocycles. The highest BCUT2D eigenvalue weighted by Crippen LogP contribution is 2.22. The van der Waals surface area contributed by atoms with Crippen LogP contribution in [0.15, 0.2) is 22.7 Å². The van der Waals surface area contributed by atoms with Crippen LogP contribution in [0.4, 0.5) is 11.4 Å². The average molecular weight is 214 g/mol. The van der Waals surface area contributed by atoms with Crippen molar-refractivity contribution in [2.75, 3.05) is 18.8 Å². The van der Waals surface area contributed by atoms with E-state index < -0.39 is 0 Å². The number of hydrogen-bond acceptors (Lipinski definition) is 1. The number of rotatable bonds is 1. The van der Waals surface area contributed by atoms with Crippen LogP contribution in [-0.4, -0.2) is 13.1 Å². The predicted molar refractivity (Wildman–Crippen MR) is 48.9 cm³/mol. The maximum Gasteiger partial charge on any atom is 0.146 e. The van der Waals surface area contributed by atoms with Gasteiger partial charge in [-0.3, -0.25) is 4.90 Å². The van der Waals surface area contributed by atoms with Crippen LogP contribution in [0.5, 0.6) is 0 Å². The second-order valence-corrected chi connectivity index (χ2v) is 3.70. The van der Waals surface area contributed by atoms with Crippen molar-refractivity contribution < 1.29 is 4.90 Å². The minimum Gasteiger partial charge on any atom is -0.399 e. The first-order valence-corrected chi connectivity index (χ1v) is 4.47. The maximum absolute atomic E-state index is 5.61. The minimum atomic E-state index is 0.821. The lowest BCUT2D eigenvalue weighted by Crippen LogP contribution is -2.85. The fourth-order valence-electron chi connectivity index (χ4n) is 1.15. The smallest absolute Gasteiger partial charge is 0.146 e. The molecule has 0 bridgehead atoms. The average Bonchev–Trinajstić information content (AvgIpc) is 2.70. The van der Waals surface area contributed by atoms with Gasteiger partial charge in [-0.1, -0.05) is 0 Å². The first-order chi connectivity index (χ1) is 5.27. The van der Waals surface area contributed by atoms with E-state index in [0.29, 0.717) is 0 Å². The number of nitrogen functional groups attached to an aromatic ring is 1. The Labute approximate surface area is 74.1 Å². The number of quaternary nitrogens is 1. The molecule has 3 N–H and O–H groups in total. The molecule has 58 valence electrons. The topological polar surface area (TPSA) is 30.5 Å². The Bertz CT molecular complexity index is 281. The van der Waals surface area contributed by atoms with E-state index in [2.05, 4.69) is 22.0 Å². The van der Waals surface area contributed by atoms with Crippen LogP contribution >= 0.6 is 15.9 Å². The molecule has 1 heterocycles. The van der Waals surface area contributed by atoms with Gasteiger partial charge in [0.25, 0.3) is 0 Å². The summed E-state index contributed by atoms with van der Waals surface area (Å²) in [6.45, 7) is 2.50. The quantitative estimate of drug-likeness (QED) is 0.519. The molecule has 0 radical (unpaired) electrons. The van der Waals surface area contributed by atoms with Gasteiger partial charge in [-0.25, -0.2) is 0 Å². The van der Waals surface area contributed by atoms with Crippen molar-refractivity contribution in [1.82, 2.24) is 0 Å². The fraction of sp³-hybridized carbons (Fsp3) is 0.250. The van der Waals surface area contributed by atoms with Gasteiger partial charge in [0.1, 0.15) is 18.8 Å². The molecule has 0 unspecified atom stereocenters. The lowest BCUT2D eigenvalue weighted by Gasteiger charge is -2.00. The van der Waals surface area contributed by atoms with Crippen molar-refractivity contribution in [3.8, 4) is 0 Å². The molecule has 3 heteroatoms. The van der Waals surface area contributed by atoms with E-state index in [1.165, 1.54) is 23.7 Å². The van der Waals surface area contributed by atoms with Crippen LogP contribution in [-0.2, 0) is 0 Å². The number of nitrogens with one attached hydrogen (secondary N) is 1. The van der Waals surface area contributed by atoms with Crippen LogP contribution in [0, 0.1) is 0 Å². The van der Waals surface area contributed by atoms with E-state index in [-0.39, 0.29) is 0 Å². The van der Waals surface area contributed by atoms with Gasteiger partial charge < -0.3 is 5.73 Å². The summed E-state index contributed by atoms with van der Waals surface area (Å²) in [5, 5.41) is 0. The van der Waals surface area contributed by atoms with E-state index in [4.69, 9.17) is 5.73 Å². The first-order valence-electron chi connectivity index (χ1n) is 3.67. The van der Waals surface area contributed by atoms with Crippen LogP contribution < -0.4 is 10.6 Å².